The Kier molecular flexibility index (Phi) is 4.60. The molecule has 2 heteroatoms. The summed E-state index contributed by atoms with van der Waals surface area (Å²) in [5.74, 6) is 0.152. The van der Waals surface area contributed by atoms with Gasteiger partial charge < -0.3 is 0 Å². The number of rotatable bonds is 4. The van der Waals surface area contributed by atoms with Crippen molar-refractivity contribution in [3.05, 3.63) is 46.5 Å². The van der Waals surface area contributed by atoms with Gasteiger partial charge in [0, 0.05) is 10.9 Å². The summed E-state index contributed by atoms with van der Waals surface area (Å²) in [7, 11) is 0. The highest BCUT2D eigenvalue weighted by Crippen LogP contribution is 2.16. The molecule has 0 unspecified atom stereocenters. The molecular formula is C12H13BrO. The molecule has 1 aromatic carbocycles. The molecular weight excluding hydrogens is 240 g/mol. The standard InChI is InChI=1S/C12H13BrO/c1-2-3-7-11(14)9-10-6-4-5-8-12(10)13/h3-8H,2,9H2,1H3/b7-3+. The molecule has 0 N–H and O–H groups in total. The smallest absolute Gasteiger partial charge is 0.159 e. The minimum atomic E-state index is 0.152. The van der Waals surface area contributed by atoms with Crippen molar-refractivity contribution in [2.24, 2.45) is 0 Å². The molecule has 0 aliphatic rings. The third-order valence-electron chi connectivity index (χ3n) is 1.86. The Morgan fingerprint density at radius 2 is 2.14 bits per heavy atom. The lowest BCUT2D eigenvalue weighted by molar-refractivity contribution is -0.114. The fourth-order valence-corrected chi connectivity index (χ4v) is 1.56. The SMILES string of the molecule is CC/C=C/C(=O)Cc1ccccc1Br. The maximum atomic E-state index is 11.4. The molecule has 0 radical (unpaired) electrons. The zero-order valence-corrected chi connectivity index (χ0v) is 9.75. The normalized spacial score (nSPS) is 10.7. The lowest BCUT2D eigenvalue weighted by atomic mass is 10.1. The predicted octanol–water partition coefficient (Wildman–Crippen LogP) is 3.53. The van der Waals surface area contributed by atoms with Gasteiger partial charge in [-0.15, -0.1) is 0 Å². The maximum absolute atomic E-state index is 11.4. The Morgan fingerprint density at radius 1 is 1.43 bits per heavy atom. The van der Waals surface area contributed by atoms with Crippen LogP contribution in [0.5, 0.6) is 0 Å². The van der Waals surface area contributed by atoms with Crippen molar-refractivity contribution in [3.8, 4) is 0 Å². The van der Waals surface area contributed by atoms with Gasteiger partial charge in [-0.2, -0.15) is 0 Å². The number of hydrogen-bond donors (Lipinski definition) is 0. The minimum absolute atomic E-state index is 0.152. The summed E-state index contributed by atoms with van der Waals surface area (Å²) >= 11 is 3.42. The average molecular weight is 253 g/mol. The Balaban J connectivity index is 2.65. The van der Waals surface area contributed by atoms with Crippen LogP contribution in [0.3, 0.4) is 0 Å². The first-order chi connectivity index (χ1) is 6.74. The largest absolute Gasteiger partial charge is 0.294 e. The van der Waals surface area contributed by atoms with Crippen molar-refractivity contribution < 1.29 is 4.79 Å². The fourth-order valence-electron chi connectivity index (χ4n) is 1.14. The summed E-state index contributed by atoms with van der Waals surface area (Å²) in [6.45, 7) is 2.02. The summed E-state index contributed by atoms with van der Waals surface area (Å²) in [6.07, 6.45) is 4.91. The van der Waals surface area contributed by atoms with Gasteiger partial charge in [0.15, 0.2) is 5.78 Å². The first kappa shape index (κ1) is 11.2. The first-order valence-electron chi connectivity index (χ1n) is 4.66. The van der Waals surface area contributed by atoms with E-state index in [9.17, 15) is 4.79 Å². The second-order valence-electron chi connectivity index (χ2n) is 3.05. The molecule has 74 valence electrons. The number of benzene rings is 1. The zero-order valence-electron chi connectivity index (χ0n) is 8.16. The Hall–Kier alpha value is -0.890. The highest BCUT2D eigenvalue weighted by molar-refractivity contribution is 9.10. The molecule has 14 heavy (non-hydrogen) atoms. The molecule has 0 spiro atoms. The molecule has 0 aliphatic carbocycles. The molecule has 1 aromatic rings. The van der Waals surface area contributed by atoms with E-state index < -0.39 is 0 Å². The number of halogens is 1. The van der Waals surface area contributed by atoms with E-state index in [0.717, 1.165) is 16.5 Å². The van der Waals surface area contributed by atoms with Gasteiger partial charge in [-0.3, -0.25) is 4.79 Å². The predicted molar refractivity (Wildman–Crippen MR) is 62.3 cm³/mol. The van der Waals surface area contributed by atoms with Crippen molar-refractivity contribution in [3.63, 3.8) is 0 Å². The molecule has 0 saturated carbocycles. The van der Waals surface area contributed by atoms with Crippen LogP contribution >= 0.6 is 15.9 Å². The maximum Gasteiger partial charge on any atom is 0.159 e. The number of carbonyl (C=O) groups is 1. The number of carbonyl (C=O) groups excluding carboxylic acids is 1. The van der Waals surface area contributed by atoms with Crippen molar-refractivity contribution >= 4 is 21.7 Å². The van der Waals surface area contributed by atoms with E-state index in [1.165, 1.54) is 0 Å². The molecule has 0 atom stereocenters. The van der Waals surface area contributed by atoms with E-state index in [0.29, 0.717) is 6.42 Å². The molecule has 0 bridgehead atoms. The van der Waals surface area contributed by atoms with Crippen molar-refractivity contribution in [1.82, 2.24) is 0 Å². The topological polar surface area (TPSA) is 17.1 Å². The van der Waals surface area contributed by atoms with E-state index >= 15 is 0 Å². The third kappa shape index (κ3) is 3.46. The van der Waals surface area contributed by atoms with E-state index in [-0.39, 0.29) is 5.78 Å². The van der Waals surface area contributed by atoms with Gasteiger partial charge >= 0.3 is 0 Å². The molecule has 0 aromatic heterocycles. The van der Waals surface area contributed by atoms with Gasteiger partial charge in [0.25, 0.3) is 0 Å². The lowest BCUT2D eigenvalue weighted by Crippen LogP contribution is -1.98. The van der Waals surface area contributed by atoms with Crippen molar-refractivity contribution in [2.45, 2.75) is 19.8 Å². The molecule has 0 heterocycles. The van der Waals surface area contributed by atoms with Crippen LogP contribution in [-0.2, 0) is 11.2 Å². The second-order valence-corrected chi connectivity index (χ2v) is 3.90. The molecule has 0 saturated heterocycles. The summed E-state index contributed by atoms with van der Waals surface area (Å²) < 4.78 is 0.998. The molecule has 0 fully saturated rings. The van der Waals surface area contributed by atoms with Gasteiger partial charge in [0.2, 0.25) is 0 Å². The number of ketones is 1. The van der Waals surface area contributed by atoms with Crippen molar-refractivity contribution in [1.29, 1.82) is 0 Å². The van der Waals surface area contributed by atoms with Gasteiger partial charge in [-0.05, 0) is 24.1 Å². The molecule has 0 aliphatic heterocycles. The van der Waals surface area contributed by atoms with Gasteiger partial charge in [0.1, 0.15) is 0 Å². The Morgan fingerprint density at radius 3 is 2.79 bits per heavy atom. The third-order valence-corrected chi connectivity index (χ3v) is 2.64. The Labute approximate surface area is 93.0 Å². The van der Waals surface area contributed by atoms with E-state index in [2.05, 4.69) is 15.9 Å². The average Bonchev–Trinajstić information content (AvgIpc) is 2.18. The van der Waals surface area contributed by atoms with Gasteiger partial charge in [-0.25, -0.2) is 0 Å². The van der Waals surface area contributed by atoms with Crippen LogP contribution < -0.4 is 0 Å². The quantitative estimate of drug-likeness (QED) is 0.750. The van der Waals surface area contributed by atoms with E-state index in [4.69, 9.17) is 0 Å². The van der Waals surface area contributed by atoms with Crippen LogP contribution in [0.1, 0.15) is 18.9 Å². The lowest BCUT2D eigenvalue weighted by Gasteiger charge is -2.00. The highest BCUT2D eigenvalue weighted by atomic mass is 79.9. The van der Waals surface area contributed by atoms with Crippen LogP contribution in [0.25, 0.3) is 0 Å². The van der Waals surface area contributed by atoms with Crippen LogP contribution in [-0.4, -0.2) is 5.78 Å². The van der Waals surface area contributed by atoms with Gasteiger partial charge in [0.05, 0.1) is 0 Å². The molecule has 1 rings (SSSR count). The zero-order chi connectivity index (χ0) is 10.4. The summed E-state index contributed by atoms with van der Waals surface area (Å²) in [5.41, 5.74) is 1.04. The summed E-state index contributed by atoms with van der Waals surface area (Å²) in [5, 5.41) is 0. The molecule has 1 nitrogen and oxygen atoms in total. The fraction of sp³-hybridized carbons (Fsp3) is 0.250. The van der Waals surface area contributed by atoms with Crippen LogP contribution in [0, 0.1) is 0 Å². The van der Waals surface area contributed by atoms with E-state index in [1.54, 1.807) is 6.08 Å². The monoisotopic (exact) mass is 252 g/mol. The minimum Gasteiger partial charge on any atom is -0.294 e. The van der Waals surface area contributed by atoms with E-state index in [1.807, 2.05) is 37.3 Å². The van der Waals surface area contributed by atoms with Crippen LogP contribution in [0.15, 0.2) is 40.9 Å². The van der Waals surface area contributed by atoms with Crippen LogP contribution in [0.4, 0.5) is 0 Å². The summed E-state index contributed by atoms with van der Waals surface area (Å²) in [4.78, 5) is 11.4. The van der Waals surface area contributed by atoms with Gasteiger partial charge in [-0.1, -0.05) is 47.1 Å². The highest BCUT2D eigenvalue weighted by Gasteiger charge is 2.02. The second kappa shape index (κ2) is 5.76. The molecule has 0 amide bonds. The summed E-state index contributed by atoms with van der Waals surface area (Å²) in [6, 6.07) is 7.80. The number of hydrogen-bond acceptors (Lipinski definition) is 1. The van der Waals surface area contributed by atoms with Crippen molar-refractivity contribution in [2.75, 3.05) is 0 Å². The number of allylic oxidation sites excluding steroid dienone is 2. The first-order valence-corrected chi connectivity index (χ1v) is 5.46. The Bertz CT molecular complexity index is 342. The van der Waals surface area contributed by atoms with Crippen LogP contribution in [0.2, 0.25) is 0 Å².